The molecule has 2 aromatic carbocycles. The van der Waals surface area contributed by atoms with Crippen LogP contribution in [0.3, 0.4) is 0 Å². The number of fused-ring (bicyclic) bond motifs is 2. The molecule has 0 bridgehead atoms. The number of hydrogen-bond acceptors (Lipinski definition) is 4. The number of ether oxygens (including phenoxy) is 2. The zero-order chi connectivity index (χ0) is 19.1. The lowest BCUT2D eigenvalue weighted by atomic mass is 9.97. The molecule has 0 atom stereocenters. The molecule has 0 aromatic heterocycles. The number of benzene rings is 2. The molecule has 1 heterocycles. The van der Waals surface area contributed by atoms with Crippen LogP contribution in [0.4, 0.5) is 0 Å². The van der Waals surface area contributed by atoms with Crippen LogP contribution < -0.4 is 14.8 Å². The standard InChI is InChI=1S/C21H20N2O4/c1-12(2)22-21(24)19-18(13-7-5-4-6-8-13)14-9-16-17(27-11-26-16)10-15(14)20(19)23(3)25/h4-10,12H,11H2,1-3H3,(H,22,24)/b23-20+. The lowest BCUT2D eigenvalue weighted by Crippen LogP contribution is -2.34. The Balaban J connectivity index is 2.02. The number of carbonyl (C=O) groups is 1. The number of amides is 1. The van der Waals surface area contributed by atoms with Crippen LogP contribution in [0.25, 0.3) is 5.57 Å². The topological polar surface area (TPSA) is 73.6 Å². The molecule has 2 aromatic rings. The van der Waals surface area contributed by atoms with E-state index in [2.05, 4.69) is 5.32 Å². The van der Waals surface area contributed by atoms with Gasteiger partial charge in [0, 0.05) is 17.2 Å². The summed E-state index contributed by atoms with van der Waals surface area (Å²) in [5.41, 5.74) is 3.75. The maximum absolute atomic E-state index is 13.1. The van der Waals surface area contributed by atoms with Crippen LogP contribution in [0.15, 0.2) is 48.0 Å². The van der Waals surface area contributed by atoms with E-state index in [1.54, 1.807) is 6.07 Å². The Morgan fingerprint density at radius 1 is 1.11 bits per heavy atom. The third-order valence-corrected chi connectivity index (χ3v) is 4.55. The molecule has 6 nitrogen and oxygen atoms in total. The number of nitrogens with zero attached hydrogens (tertiary/aromatic N) is 1. The van der Waals surface area contributed by atoms with E-state index in [1.165, 1.54) is 7.05 Å². The molecule has 0 saturated heterocycles. The van der Waals surface area contributed by atoms with Gasteiger partial charge in [-0.05, 0) is 31.5 Å². The van der Waals surface area contributed by atoms with E-state index in [-0.39, 0.29) is 18.7 Å². The van der Waals surface area contributed by atoms with E-state index in [0.29, 0.717) is 28.3 Å². The molecule has 0 spiro atoms. The lowest BCUT2D eigenvalue weighted by Gasteiger charge is -2.12. The van der Waals surface area contributed by atoms with Crippen molar-refractivity contribution in [1.29, 1.82) is 0 Å². The van der Waals surface area contributed by atoms with Crippen molar-refractivity contribution >= 4 is 17.2 Å². The maximum atomic E-state index is 13.1. The second-order valence-electron chi connectivity index (χ2n) is 6.84. The average Bonchev–Trinajstić information content (AvgIpc) is 3.21. The normalized spacial score (nSPS) is 16.6. The molecule has 1 amide bonds. The zero-order valence-electron chi connectivity index (χ0n) is 15.4. The van der Waals surface area contributed by atoms with Crippen molar-refractivity contribution < 1.29 is 19.0 Å². The van der Waals surface area contributed by atoms with Gasteiger partial charge in [0.1, 0.15) is 12.6 Å². The minimum atomic E-state index is -0.278. The second-order valence-corrected chi connectivity index (χ2v) is 6.84. The van der Waals surface area contributed by atoms with Gasteiger partial charge in [0.05, 0.1) is 5.56 Å². The summed E-state index contributed by atoms with van der Waals surface area (Å²) in [6.07, 6.45) is 0. The highest BCUT2D eigenvalue weighted by molar-refractivity contribution is 6.36. The Morgan fingerprint density at radius 2 is 1.74 bits per heavy atom. The number of rotatable bonds is 3. The molecule has 0 radical (unpaired) electrons. The van der Waals surface area contributed by atoms with Gasteiger partial charge in [0.15, 0.2) is 11.5 Å². The Labute approximate surface area is 157 Å². The highest BCUT2D eigenvalue weighted by Crippen LogP contribution is 2.44. The van der Waals surface area contributed by atoms with Gasteiger partial charge in [-0.2, -0.15) is 0 Å². The van der Waals surface area contributed by atoms with E-state index in [1.807, 2.05) is 50.2 Å². The number of carbonyl (C=O) groups excluding carboxylic acids is 1. The van der Waals surface area contributed by atoms with Gasteiger partial charge in [-0.1, -0.05) is 30.3 Å². The van der Waals surface area contributed by atoms with Crippen LogP contribution in [0, 0.1) is 5.21 Å². The summed E-state index contributed by atoms with van der Waals surface area (Å²) in [5.74, 6) is 0.909. The summed E-state index contributed by atoms with van der Waals surface area (Å²) in [7, 11) is 1.40. The molecule has 0 saturated carbocycles. The van der Waals surface area contributed by atoms with Crippen LogP contribution in [-0.2, 0) is 4.79 Å². The molecule has 1 N–H and O–H groups in total. The van der Waals surface area contributed by atoms with E-state index in [4.69, 9.17) is 9.47 Å². The zero-order valence-corrected chi connectivity index (χ0v) is 15.4. The average molecular weight is 364 g/mol. The Kier molecular flexibility index (Phi) is 4.11. The highest BCUT2D eigenvalue weighted by Gasteiger charge is 2.39. The van der Waals surface area contributed by atoms with Crippen LogP contribution in [0.1, 0.15) is 30.5 Å². The summed E-state index contributed by atoms with van der Waals surface area (Å²) in [4.78, 5) is 13.1. The molecule has 1 aliphatic heterocycles. The second kappa shape index (κ2) is 6.46. The van der Waals surface area contributed by atoms with E-state index < -0.39 is 0 Å². The maximum Gasteiger partial charge on any atom is 0.258 e. The van der Waals surface area contributed by atoms with Crippen molar-refractivity contribution in [2.45, 2.75) is 19.9 Å². The van der Waals surface area contributed by atoms with Gasteiger partial charge in [0.25, 0.3) is 5.91 Å². The monoisotopic (exact) mass is 364 g/mol. The third-order valence-electron chi connectivity index (χ3n) is 4.55. The number of hydrogen-bond donors (Lipinski definition) is 1. The fourth-order valence-corrected chi connectivity index (χ4v) is 3.52. The SMILES string of the molecule is CC(C)NC(=O)C1=C(c2ccccc2)c2cc3c(cc2/C1=[N+](/C)[O-])OCO3. The van der Waals surface area contributed by atoms with Crippen LogP contribution in [-0.4, -0.2) is 36.2 Å². The molecule has 138 valence electrons. The van der Waals surface area contributed by atoms with Gasteiger partial charge in [-0.3, -0.25) is 4.79 Å². The predicted molar refractivity (Wildman–Crippen MR) is 102 cm³/mol. The van der Waals surface area contributed by atoms with Crippen LogP contribution in [0.5, 0.6) is 11.5 Å². The Morgan fingerprint density at radius 3 is 2.33 bits per heavy atom. The van der Waals surface area contributed by atoms with Crippen molar-refractivity contribution in [2.75, 3.05) is 13.8 Å². The first-order chi connectivity index (χ1) is 13.0. The van der Waals surface area contributed by atoms with Crippen molar-refractivity contribution in [2.24, 2.45) is 0 Å². The van der Waals surface area contributed by atoms with E-state index >= 15 is 0 Å². The smallest absolute Gasteiger partial charge is 0.258 e. The molecule has 1 aliphatic carbocycles. The molecule has 0 unspecified atom stereocenters. The molecular formula is C21H20N2O4. The number of nitrogens with one attached hydrogen (secondary N) is 1. The predicted octanol–water partition coefficient (Wildman–Crippen LogP) is 2.68. The quantitative estimate of drug-likeness (QED) is 0.516. The minimum absolute atomic E-state index is 0.0550. The first kappa shape index (κ1) is 17.1. The minimum Gasteiger partial charge on any atom is -0.624 e. The van der Waals surface area contributed by atoms with Crippen molar-refractivity contribution in [3.63, 3.8) is 0 Å². The van der Waals surface area contributed by atoms with Gasteiger partial charge >= 0.3 is 0 Å². The van der Waals surface area contributed by atoms with Crippen LogP contribution >= 0.6 is 0 Å². The third kappa shape index (κ3) is 2.83. The summed E-state index contributed by atoms with van der Waals surface area (Å²) < 4.78 is 11.7. The fourth-order valence-electron chi connectivity index (χ4n) is 3.52. The van der Waals surface area contributed by atoms with Crippen molar-refractivity contribution in [1.82, 2.24) is 5.32 Å². The highest BCUT2D eigenvalue weighted by atomic mass is 16.7. The lowest BCUT2D eigenvalue weighted by molar-refractivity contribution is -0.421. The van der Waals surface area contributed by atoms with Gasteiger partial charge in [-0.15, -0.1) is 0 Å². The summed E-state index contributed by atoms with van der Waals surface area (Å²) in [6.45, 7) is 3.92. The first-order valence-corrected chi connectivity index (χ1v) is 8.80. The summed E-state index contributed by atoms with van der Waals surface area (Å²) in [5, 5.41) is 15.4. The van der Waals surface area contributed by atoms with Gasteiger partial charge < -0.3 is 20.0 Å². The van der Waals surface area contributed by atoms with E-state index in [9.17, 15) is 10.0 Å². The Hall–Kier alpha value is -3.28. The Bertz CT molecular complexity index is 987. The molecule has 0 fully saturated rings. The summed E-state index contributed by atoms with van der Waals surface area (Å²) in [6, 6.07) is 13.2. The summed E-state index contributed by atoms with van der Waals surface area (Å²) >= 11 is 0. The van der Waals surface area contributed by atoms with Crippen molar-refractivity contribution in [3.05, 3.63) is 69.9 Å². The molecular weight excluding hydrogens is 344 g/mol. The largest absolute Gasteiger partial charge is 0.624 e. The van der Waals surface area contributed by atoms with Gasteiger partial charge in [-0.25, -0.2) is 4.74 Å². The molecule has 6 heteroatoms. The molecule has 27 heavy (non-hydrogen) atoms. The molecule has 4 rings (SSSR count). The number of hydroxylamine groups is 1. The first-order valence-electron chi connectivity index (χ1n) is 8.80. The van der Waals surface area contributed by atoms with Crippen LogP contribution in [0.2, 0.25) is 0 Å². The fraction of sp³-hybridized carbons (Fsp3) is 0.238. The van der Waals surface area contributed by atoms with Gasteiger partial charge in [0.2, 0.25) is 12.5 Å². The van der Waals surface area contributed by atoms with E-state index in [0.717, 1.165) is 21.4 Å². The van der Waals surface area contributed by atoms with Crippen molar-refractivity contribution in [3.8, 4) is 11.5 Å². The molecule has 2 aliphatic rings.